The van der Waals surface area contributed by atoms with E-state index in [-0.39, 0.29) is 6.04 Å². The summed E-state index contributed by atoms with van der Waals surface area (Å²) >= 11 is 0. The molecule has 5 heteroatoms. The van der Waals surface area contributed by atoms with Gasteiger partial charge in [0.15, 0.2) is 0 Å². The molecule has 1 unspecified atom stereocenters. The van der Waals surface area contributed by atoms with E-state index in [9.17, 15) is 0 Å². The Labute approximate surface area is 81.6 Å². The fraction of sp³-hybridized carbons (Fsp3) is 0.222. The third-order valence-corrected chi connectivity index (χ3v) is 1.84. The number of aromatic amines is 1. The number of rotatable bonds is 3. The lowest BCUT2D eigenvalue weighted by Crippen LogP contribution is -2.10. The van der Waals surface area contributed by atoms with Crippen molar-refractivity contribution in [2.75, 3.05) is 5.32 Å². The van der Waals surface area contributed by atoms with Crippen LogP contribution in [-0.2, 0) is 0 Å². The topological polar surface area (TPSA) is 66.5 Å². The Bertz CT molecular complexity index is 369. The Morgan fingerprint density at radius 1 is 1.21 bits per heavy atom. The first-order valence-electron chi connectivity index (χ1n) is 4.39. The Morgan fingerprint density at radius 3 is 2.64 bits per heavy atom. The minimum atomic E-state index is 0.0763. The van der Waals surface area contributed by atoms with Crippen molar-refractivity contribution in [3.05, 3.63) is 36.7 Å². The van der Waals surface area contributed by atoms with Crippen molar-refractivity contribution in [1.29, 1.82) is 0 Å². The number of anilines is 1. The highest BCUT2D eigenvalue weighted by atomic mass is 15.1. The molecular weight excluding hydrogens is 178 g/mol. The number of H-pyrrole nitrogens is 1. The molecule has 2 rings (SSSR count). The van der Waals surface area contributed by atoms with Crippen LogP contribution < -0.4 is 5.32 Å². The minimum absolute atomic E-state index is 0.0763. The van der Waals surface area contributed by atoms with Gasteiger partial charge in [-0.3, -0.25) is 0 Å². The largest absolute Gasteiger partial charge is 0.347 e. The first-order chi connectivity index (χ1) is 6.86. The van der Waals surface area contributed by atoms with E-state index in [0.717, 1.165) is 5.82 Å². The molecule has 0 aromatic carbocycles. The van der Waals surface area contributed by atoms with Gasteiger partial charge in [-0.1, -0.05) is 0 Å². The first kappa shape index (κ1) is 8.68. The molecule has 0 spiro atoms. The Kier molecular flexibility index (Phi) is 2.40. The van der Waals surface area contributed by atoms with Gasteiger partial charge in [0.05, 0.1) is 6.04 Å². The van der Waals surface area contributed by atoms with Crippen LogP contribution in [0.3, 0.4) is 0 Å². The molecule has 2 N–H and O–H groups in total. The van der Waals surface area contributed by atoms with Gasteiger partial charge in [-0.15, -0.1) is 0 Å². The van der Waals surface area contributed by atoms with Gasteiger partial charge >= 0.3 is 0 Å². The van der Waals surface area contributed by atoms with E-state index in [1.165, 1.54) is 0 Å². The lowest BCUT2D eigenvalue weighted by atomic mass is 10.3. The molecule has 0 fully saturated rings. The number of imidazole rings is 1. The maximum atomic E-state index is 4.14. The summed E-state index contributed by atoms with van der Waals surface area (Å²) in [7, 11) is 0. The molecule has 1 atom stereocenters. The van der Waals surface area contributed by atoms with Gasteiger partial charge in [-0.2, -0.15) is 0 Å². The predicted octanol–water partition coefficient (Wildman–Crippen LogP) is 1.37. The lowest BCUT2D eigenvalue weighted by Gasteiger charge is -2.10. The van der Waals surface area contributed by atoms with Crippen LogP contribution in [0.15, 0.2) is 30.9 Å². The monoisotopic (exact) mass is 189 g/mol. The van der Waals surface area contributed by atoms with Crippen molar-refractivity contribution in [3.8, 4) is 0 Å². The second-order valence-corrected chi connectivity index (χ2v) is 2.91. The van der Waals surface area contributed by atoms with Gasteiger partial charge in [-0.05, 0) is 13.0 Å². The van der Waals surface area contributed by atoms with Crippen LogP contribution in [0.5, 0.6) is 0 Å². The van der Waals surface area contributed by atoms with Crippen molar-refractivity contribution < 1.29 is 0 Å². The average molecular weight is 189 g/mol. The van der Waals surface area contributed by atoms with E-state index in [2.05, 4.69) is 25.3 Å². The molecule has 2 heterocycles. The molecule has 0 amide bonds. The van der Waals surface area contributed by atoms with Crippen LogP contribution in [0.2, 0.25) is 0 Å². The molecule has 0 bridgehead atoms. The molecule has 0 aliphatic rings. The van der Waals surface area contributed by atoms with Gasteiger partial charge in [-0.25, -0.2) is 15.0 Å². The Hall–Kier alpha value is -1.91. The number of nitrogens with zero attached hydrogens (tertiary/aromatic N) is 3. The molecule has 0 saturated carbocycles. The molecule has 0 saturated heterocycles. The highest BCUT2D eigenvalue weighted by Crippen LogP contribution is 2.10. The third-order valence-electron chi connectivity index (χ3n) is 1.84. The van der Waals surface area contributed by atoms with Crippen LogP contribution in [0.4, 0.5) is 5.95 Å². The minimum Gasteiger partial charge on any atom is -0.347 e. The molecule has 0 radical (unpaired) electrons. The Balaban J connectivity index is 2.06. The summed E-state index contributed by atoms with van der Waals surface area (Å²) in [4.78, 5) is 15.3. The first-order valence-corrected chi connectivity index (χ1v) is 4.39. The molecule has 2 aromatic rings. The van der Waals surface area contributed by atoms with Gasteiger partial charge in [0.2, 0.25) is 5.95 Å². The van der Waals surface area contributed by atoms with E-state index in [0.29, 0.717) is 5.95 Å². The predicted molar refractivity (Wildman–Crippen MR) is 52.7 cm³/mol. The maximum absolute atomic E-state index is 4.14. The zero-order valence-corrected chi connectivity index (χ0v) is 7.81. The lowest BCUT2D eigenvalue weighted by molar-refractivity contribution is 0.795. The molecule has 2 aromatic heterocycles. The van der Waals surface area contributed by atoms with E-state index < -0.39 is 0 Å². The molecule has 0 aliphatic heterocycles. The van der Waals surface area contributed by atoms with Crippen molar-refractivity contribution in [2.24, 2.45) is 0 Å². The summed E-state index contributed by atoms with van der Waals surface area (Å²) in [5, 5.41) is 3.13. The van der Waals surface area contributed by atoms with Crippen LogP contribution in [0.25, 0.3) is 0 Å². The average Bonchev–Trinajstić information content (AvgIpc) is 2.72. The maximum Gasteiger partial charge on any atom is 0.223 e. The summed E-state index contributed by atoms with van der Waals surface area (Å²) in [5.41, 5.74) is 0. The number of hydrogen-bond donors (Lipinski definition) is 2. The fourth-order valence-electron chi connectivity index (χ4n) is 1.15. The molecular formula is C9H11N5. The fourth-order valence-corrected chi connectivity index (χ4v) is 1.15. The number of nitrogens with one attached hydrogen (secondary N) is 2. The highest BCUT2D eigenvalue weighted by Gasteiger charge is 2.07. The summed E-state index contributed by atoms with van der Waals surface area (Å²) in [5.74, 6) is 1.48. The summed E-state index contributed by atoms with van der Waals surface area (Å²) < 4.78 is 0. The van der Waals surface area contributed by atoms with Crippen molar-refractivity contribution in [1.82, 2.24) is 19.9 Å². The van der Waals surface area contributed by atoms with Crippen molar-refractivity contribution in [3.63, 3.8) is 0 Å². The van der Waals surface area contributed by atoms with Gasteiger partial charge in [0, 0.05) is 24.8 Å². The van der Waals surface area contributed by atoms with E-state index >= 15 is 0 Å². The number of hydrogen-bond acceptors (Lipinski definition) is 4. The molecule has 0 aliphatic carbocycles. The van der Waals surface area contributed by atoms with Crippen molar-refractivity contribution in [2.45, 2.75) is 13.0 Å². The van der Waals surface area contributed by atoms with Crippen molar-refractivity contribution >= 4 is 5.95 Å². The van der Waals surface area contributed by atoms with E-state index in [1.54, 1.807) is 30.9 Å². The summed E-state index contributed by atoms with van der Waals surface area (Å²) in [6.07, 6.45) is 6.91. The van der Waals surface area contributed by atoms with Crippen LogP contribution in [0, 0.1) is 0 Å². The zero-order valence-electron chi connectivity index (χ0n) is 7.81. The normalized spacial score (nSPS) is 12.4. The molecule has 14 heavy (non-hydrogen) atoms. The summed E-state index contributed by atoms with van der Waals surface area (Å²) in [6, 6.07) is 1.86. The third kappa shape index (κ3) is 1.87. The molecule has 5 nitrogen and oxygen atoms in total. The highest BCUT2D eigenvalue weighted by molar-refractivity contribution is 5.25. The number of aromatic nitrogens is 4. The van der Waals surface area contributed by atoms with Gasteiger partial charge in [0.25, 0.3) is 0 Å². The molecule has 72 valence electrons. The van der Waals surface area contributed by atoms with E-state index in [4.69, 9.17) is 0 Å². The van der Waals surface area contributed by atoms with Crippen LogP contribution in [-0.4, -0.2) is 19.9 Å². The SMILES string of the molecule is CC(Nc1ncccn1)c1ncc[nH]1. The second kappa shape index (κ2) is 3.87. The Morgan fingerprint density at radius 2 is 2.00 bits per heavy atom. The van der Waals surface area contributed by atoms with E-state index in [1.807, 2.05) is 6.92 Å². The quantitative estimate of drug-likeness (QED) is 0.765. The van der Waals surface area contributed by atoms with Gasteiger partial charge < -0.3 is 10.3 Å². The standard InChI is InChI=1S/C9H11N5/c1-7(8-10-5-6-11-8)14-9-12-3-2-4-13-9/h2-7H,1H3,(H,10,11)(H,12,13,14). The second-order valence-electron chi connectivity index (χ2n) is 2.91. The van der Waals surface area contributed by atoms with Crippen LogP contribution >= 0.6 is 0 Å². The zero-order chi connectivity index (χ0) is 9.80. The van der Waals surface area contributed by atoms with Gasteiger partial charge in [0.1, 0.15) is 5.82 Å². The summed E-state index contributed by atoms with van der Waals surface area (Å²) in [6.45, 7) is 2.00. The smallest absolute Gasteiger partial charge is 0.223 e. The van der Waals surface area contributed by atoms with Crippen LogP contribution in [0.1, 0.15) is 18.8 Å².